The van der Waals surface area contributed by atoms with Crippen LogP contribution in [-0.4, -0.2) is 63.1 Å². The number of piperazine rings is 1. The fourth-order valence-corrected chi connectivity index (χ4v) is 3.01. The molecule has 2 N–H and O–H groups in total. The molecule has 6 nitrogen and oxygen atoms in total. The van der Waals surface area contributed by atoms with E-state index in [1.807, 2.05) is 4.90 Å². The zero-order valence-corrected chi connectivity index (χ0v) is 19.4. The van der Waals surface area contributed by atoms with Crippen molar-refractivity contribution in [2.45, 2.75) is 26.7 Å². The summed E-state index contributed by atoms with van der Waals surface area (Å²) in [5.41, 5.74) is 1.00. The average Bonchev–Trinajstić information content (AvgIpc) is 2.67. The van der Waals surface area contributed by atoms with Gasteiger partial charge < -0.3 is 20.4 Å². The number of nitrogens with one attached hydrogen (secondary N) is 2. The maximum absolute atomic E-state index is 13.0. The van der Waals surface area contributed by atoms with Crippen molar-refractivity contribution in [3.8, 4) is 0 Å². The van der Waals surface area contributed by atoms with E-state index >= 15 is 0 Å². The zero-order chi connectivity index (χ0) is 19.6. The van der Waals surface area contributed by atoms with Crippen molar-refractivity contribution in [2.75, 3.05) is 51.2 Å². The fourth-order valence-electron chi connectivity index (χ4n) is 3.01. The summed E-state index contributed by atoms with van der Waals surface area (Å²) >= 11 is 0. The quantitative estimate of drug-likeness (QED) is 0.340. The van der Waals surface area contributed by atoms with E-state index in [9.17, 15) is 9.18 Å². The van der Waals surface area contributed by atoms with Gasteiger partial charge in [0.15, 0.2) is 5.96 Å². The molecular weight excluding hydrogens is 472 g/mol. The Balaban J connectivity index is 0.00000392. The summed E-state index contributed by atoms with van der Waals surface area (Å²) in [6.07, 6.45) is 1.53. The lowest BCUT2D eigenvalue weighted by atomic mass is 10.1. The Labute approximate surface area is 185 Å². The van der Waals surface area contributed by atoms with E-state index in [0.29, 0.717) is 32.0 Å². The summed E-state index contributed by atoms with van der Waals surface area (Å²) in [6, 6.07) is 6.52. The molecule has 8 heteroatoms. The molecule has 158 valence electrons. The van der Waals surface area contributed by atoms with Gasteiger partial charge in [-0.1, -0.05) is 13.8 Å². The van der Waals surface area contributed by atoms with Crippen molar-refractivity contribution in [1.82, 2.24) is 15.5 Å². The number of carbonyl (C=O) groups excluding carboxylic acids is 1. The third-order valence-electron chi connectivity index (χ3n) is 4.69. The minimum atomic E-state index is -0.228. The summed E-state index contributed by atoms with van der Waals surface area (Å²) in [5, 5.41) is 6.46. The van der Waals surface area contributed by atoms with Gasteiger partial charge in [0.05, 0.1) is 0 Å². The monoisotopic (exact) mass is 505 g/mol. The van der Waals surface area contributed by atoms with Crippen molar-refractivity contribution < 1.29 is 9.18 Å². The van der Waals surface area contributed by atoms with Crippen LogP contribution in [0.1, 0.15) is 26.7 Å². The lowest BCUT2D eigenvalue weighted by Gasteiger charge is -2.36. The van der Waals surface area contributed by atoms with Crippen LogP contribution in [-0.2, 0) is 4.79 Å². The molecule has 1 amide bonds. The van der Waals surface area contributed by atoms with Crippen LogP contribution in [0.25, 0.3) is 0 Å². The van der Waals surface area contributed by atoms with Gasteiger partial charge in [-0.3, -0.25) is 9.79 Å². The number of benzene rings is 1. The molecule has 0 spiro atoms. The number of carbonyl (C=O) groups is 1. The molecule has 1 heterocycles. The van der Waals surface area contributed by atoms with E-state index in [2.05, 4.69) is 34.4 Å². The van der Waals surface area contributed by atoms with E-state index < -0.39 is 0 Å². The zero-order valence-electron chi connectivity index (χ0n) is 17.1. The highest BCUT2D eigenvalue weighted by molar-refractivity contribution is 14.0. The van der Waals surface area contributed by atoms with Crippen LogP contribution in [0, 0.1) is 11.7 Å². The second kappa shape index (κ2) is 12.8. The molecule has 1 fully saturated rings. The minimum Gasteiger partial charge on any atom is -0.368 e. The van der Waals surface area contributed by atoms with Gasteiger partial charge in [0, 0.05) is 58.4 Å². The smallest absolute Gasteiger partial charge is 0.224 e. The molecule has 0 aliphatic carbocycles. The molecular formula is C20H33FIN5O. The highest BCUT2D eigenvalue weighted by Gasteiger charge is 2.21. The van der Waals surface area contributed by atoms with E-state index in [4.69, 9.17) is 0 Å². The average molecular weight is 505 g/mol. The minimum absolute atomic E-state index is 0. The van der Waals surface area contributed by atoms with E-state index in [0.717, 1.165) is 37.7 Å². The van der Waals surface area contributed by atoms with Gasteiger partial charge in [-0.25, -0.2) is 4.39 Å². The largest absolute Gasteiger partial charge is 0.368 e. The number of amides is 1. The summed E-state index contributed by atoms with van der Waals surface area (Å²) in [4.78, 5) is 20.7. The third-order valence-corrected chi connectivity index (χ3v) is 4.69. The molecule has 1 saturated heterocycles. The molecule has 1 aromatic carbocycles. The number of nitrogens with zero attached hydrogens (tertiary/aromatic N) is 3. The van der Waals surface area contributed by atoms with Crippen LogP contribution in [0.4, 0.5) is 10.1 Å². The van der Waals surface area contributed by atoms with E-state index in [1.54, 1.807) is 19.2 Å². The molecule has 0 unspecified atom stereocenters. The van der Waals surface area contributed by atoms with Crippen LogP contribution in [0.5, 0.6) is 0 Å². The van der Waals surface area contributed by atoms with E-state index in [1.165, 1.54) is 12.1 Å². The number of hydrogen-bond donors (Lipinski definition) is 2. The Kier molecular flexibility index (Phi) is 11.2. The number of halogens is 2. The number of anilines is 1. The number of guanidine groups is 1. The predicted molar refractivity (Wildman–Crippen MR) is 124 cm³/mol. The Morgan fingerprint density at radius 2 is 1.71 bits per heavy atom. The van der Waals surface area contributed by atoms with Gasteiger partial charge >= 0.3 is 0 Å². The first kappa shape index (κ1) is 24.5. The first-order valence-corrected chi connectivity index (χ1v) is 9.72. The second-order valence-electron chi connectivity index (χ2n) is 7.20. The Bertz CT molecular complexity index is 616. The van der Waals surface area contributed by atoms with Crippen LogP contribution in [0.2, 0.25) is 0 Å². The van der Waals surface area contributed by atoms with Gasteiger partial charge in [-0.15, -0.1) is 24.0 Å². The number of rotatable bonds is 7. The molecule has 28 heavy (non-hydrogen) atoms. The molecule has 0 aromatic heterocycles. The first-order valence-electron chi connectivity index (χ1n) is 9.72. The normalized spacial score (nSPS) is 14.7. The maximum Gasteiger partial charge on any atom is 0.224 e. The van der Waals surface area contributed by atoms with Crippen LogP contribution < -0.4 is 15.5 Å². The Morgan fingerprint density at radius 1 is 1.11 bits per heavy atom. The molecule has 0 saturated carbocycles. The SMILES string of the molecule is CN=C(NCCC(=O)N1CCN(c2ccc(F)cc2)CC1)NCCC(C)C.I. The second-order valence-corrected chi connectivity index (χ2v) is 7.20. The number of aliphatic imine (C=N–C) groups is 1. The van der Waals surface area contributed by atoms with Crippen molar-refractivity contribution >= 4 is 41.5 Å². The van der Waals surface area contributed by atoms with Crippen LogP contribution in [0.3, 0.4) is 0 Å². The molecule has 1 aliphatic heterocycles. The lowest BCUT2D eigenvalue weighted by molar-refractivity contribution is -0.131. The van der Waals surface area contributed by atoms with Crippen molar-refractivity contribution in [2.24, 2.45) is 10.9 Å². The Hall–Kier alpha value is -1.58. The summed E-state index contributed by atoms with van der Waals surface area (Å²) in [5.74, 6) is 1.31. The molecule has 0 bridgehead atoms. The van der Waals surface area contributed by atoms with Gasteiger partial charge in [-0.05, 0) is 36.6 Å². The lowest BCUT2D eigenvalue weighted by Crippen LogP contribution is -2.49. The molecule has 0 atom stereocenters. The van der Waals surface area contributed by atoms with Crippen LogP contribution >= 0.6 is 24.0 Å². The highest BCUT2D eigenvalue weighted by Crippen LogP contribution is 2.17. The van der Waals surface area contributed by atoms with Gasteiger partial charge in [-0.2, -0.15) is 0 Å². The highest BCUT2D eigenvalue weighted by atomic mass is 127. The summed E-state index contributed by atoms with van der Waals surface area (Å²) in [6.45, 7) is 8.73. The first-order chi connectivity index (χ1) is 13.0. The molecule has 2 rings (SSSR count). The standard InChI is InChI=1S/C20H32FN5O.HI/c1-16(2)8-10-23-20(22-3)24-11-9-19(27)26-14-12-25(13-15-26)18-6-4-17(21)5-7-18;/h4-7,16H,8-15H2,1-3H3,(H2,22,23,24);1H. The van der Waals surface area contributed by atoms with E-state index in [-0.39, 0.29) is 35.7 Å². The van der Waals surface area contributed by atoms with Crippen molar-refractivity contribution in [3.05, 3.63) is 30.1 Å². The van der Waals surface area contributed by atoms with Crippen molar-refractivity contribution in [1.29, 1.82) is 0 Å². The van der Waals surface area contributed by atoms with Crippen molar-refractivity contribution in [3.63, 3.8) is 0 Å². The molecule has 1 aliphatic rings. The van der Waals surface area contributed by atoms with Gasteiger partial charge in [0.25, 0.3) is 0 Å². The van der Waals surface area contributed by atoms with Gasteiger partial charge in [0.2, 0.25) is 5.91 Å². The predicted octanol–water partition coefficient (Wildman–Crippen LogP) is 2.69. The van der Waals surface area contributed by atoms with Gasteiger partial charge in [0.1, 0.15) is 5.82 Å². The summed E-state index contributed by atoms with van der Waals surface area (Å²) in [7, 11) is 1.74. The molecule has 1 aromatic rings. The third kappa shape index (κ3) is 8.20. The fraction of sp³-hybridized carbons (Fsp3) is 0.600. The topological polar surface area (TPSA) is 60.0 Å². The maximum atomic E-state index is 13.0. The molecule has 0 radical (unpaired) electrons. The number of hydrogen-bond acceptors (Lipinski definition) is 3. The summed E-state index contributed by atoms with van der Waals surface area (Å²) < 4.78 is 13.0. The van der Waals surface area contributed by atoms with Crippen LogP contribution in [0.15, 0.2) is 29.3 Å². The Morgan fingerprint density at radius 3 is 2.29 bits per heavy atom.